The quantitative estimate of drug-likeness (QED) is 0.307. The zero-order valence-electron chi connectivity index (χ0n) is 20.5. The number of halogens is 2. The van der Waals surface area contributed by atoms with Gasteiger partial charge in [-0.25, -0.2) is 4.98 Å². The van der Waals surface area contributed by atoms with E-state index in [0.717, 1.165) is 47.7 Å². The number of carbonyl (C=O) groups excluding carboxylic acids is 1. The normalized spacial score (nSPS) is 14.4. The number of rotatable bonds is 6. The first-order valence-corrected chi connectivity index (χ1v) is 13.0. The van der Waals surface area contributed by atoms with Crippen molar-refractivity contribution in [3.8, 4) is 0 Å². The average molecular weight is 522 g/mol. The molecule has 3 aromatic heterocycles. The highest BCUT2D eigenvalue weighted by Gasteiger charge is 2.29. The average Bonchev–Trinajstić information content (AvgIpc) is 3.46. The van der Waals surface area contributed by atoms with Gasteiger partial charge in [0.25, 0.3) is 5.91 Å². The highest BCUT2D eigenvalue weighted by atomic mass is 35.5. The van der Waals surface area contributed by atoms with Gasteiger partial charge >= 0.3 is 0 Å². The summed E-state index contributed by atoms with van der Waals surface area (Å²) in [7, 11) is 0. The predicted octanol–water partition coefficient (Wildman–Crippen LogP) is 6.12. The molecule has 1 saturated heterocycles. The maximum Gasteiger partial charge on any atom is 0.255 e. The van der Waals surface area contributed by atoms with Gasteiger partial charge < -0.3 is 14.0 Å². The van der Waals surface area contributed by atoms with Crippen LogP contribution in [0.15, 0.2) is 61.2 Å². The lowest BCUT2D eigenvalue weighted by Gasteiger charge is -2.32. The van der Waals surface area contributed by atoms with Gasteiger partial charge in [0.05, 0.1) is 12.1 Å². The molecule has 0 unspecified atom stereocenters. The Hall–Kier alpha value is -3.09. The molecule has 6 nitrogen and oxygen atoms in total. The van der Waals surface area contributed by atoms with Gasteiger partial charge in [-0.05, 0) is 74.2 Å². The van der Waals surface area contributed by atoms with Gasteiger partial charge in [-0.1, -0.05) is 23.2 Å². The highest BCUT2D eigenvalue weighted by Crippen LogP contribution is 2.30. The number of pyridine rings is 1. The third-order valence-electron chi connectivity index (χ3n) is 7.14. The summed E-state index contributed by atoms with van der Waals surface area (Å²) in [6.07, 6.45) is 9.18. The topological polar surface area (TPSA) is 56.0 Å². The first kappa shape index (κ1) is 24.6. The summed E-state index contributed by atoms with van der Waals surface area (Å²) in [6, 6.07) is 11.6. The summed E-state index contributed by atoms with van der Waals surface area (Å²) in [5, 5.41) is 1.36. The van der Waals surface area contributed by atoms with E-state index in [1.54, 1.807) is 18.5 Å². The molecule has 0 bridgehead atoms. The summed E-state index contributed by atoms with van der Waals surface area (Å²) >= 11 is 12.6. The molecule has 4 heterocycles. The second-order valence-corrected chi connectivity index (χ2v) is 10.3. The molecule has 5 rings (SSSR count). The second kappa shape index (κ2) is 10.5. The molecular weight excluding hydrogens is 493 g/mol. The number of aryl methyl sites for hydroxylation is 1. The lowest BCUT2D eigenvalue weighted by Crippen LogP contribution is -2.38. The second-order valence-electron chi connectivity index (χ2n) is 9.44. The van der Waals surface area contributed by atoms with E-state index in [9.17, 15) is 4.79 Å². The fourth-order valence-electron chi connectivity index (χ4n) is 5.11. The van der Waals surface area contributed by atoms with Gasteiger partial charge in [0.15, 0.2) is 0 Å². The van der Waals surface area contributed by atoms with Crippen LogP contribution >= 0.6 is 23.2 Å². The van der Waals surface area contributed by atoms with Crippen LogP contribution < -0.4 is 0 Å². The van der Waals surface area contributed by atoms with Gasteiger partial charge in [0.2, 0.25) is 0 Å². The van der Waals surface area contributed by atoms with Crippen LogP contribution in [0.1, 0.15) is 57.5 Å². The smallest absolute Gasteiger partial charge is 0.255 e. The van der Waals surface area contributed by atoms with Gasteiger partial charge in [-0.2, -0.15) is 0 Å². The molecule has 1 fully saturated rings. The number of amides is 1. The van der Waals surface area contributed by atoms with E-state index in [1.165, 1.54) is 5.56 Å². The molecule has 36 heavy (non-hydrogen) atoms. The third-order valence-corrected chi connectivity index (χ3v) is 7.74. The SMILES string of the molecule is Cc1cc(C(=O)N2CCC(c3nccn3Cc3cc(Cl)ccc3Cl)CC2)c(C)n1Cc1ccncc1. The molecule has 0 saturated carbocycles. The van der Waals surface area contributed by atoms with Gasteiger partial charge in [0, 0.05) is 71.8 Å². The Labute approximate surface area is 221 Å². The molecule has 0 N–H and O–H groups in total. The largest absolute Gasteiger partial charge is 0.344 e. The Morgan fingerprint density at radius 3 is 2.50 bits per heavy atom. The van der Waals surface area contributed by atoms with Crippen LogP contribution in [0.5, 0.6) is 0 Å². The van der Waals surface area contributed by atoms with Crippen LogP contribution in [0.3, 0.4) is 0 Å². The third kappa shape index (κ3) is 5.06. The lowest BCUT2D eigenvalue weighted by atomic mass is 9.95. The van der Waals surface area contributed by atoms with Crippen molar-refractivity contribution in [1.82, 2.24) is 24.0 Å². The van der Waals surface area contributed by atoms with Gasteiger partial charge in [-0.3, -0.25) is 9.78 Å². The summed E-state index contributed by atoms with van der Waals surface area (Å²) < 4.78 is 4.35. The van der Waals surface area contributed by atoms with E-state index in [-0.39, 0.29) is 5.91 Å². The first-order chi connectivity index (χ1) is 17.4. The maximum atomic E-state index is 13.5. The van der Waals surface area contributed by atoms with Crippen molar-refractivity contribution in [2.24, 2.45) is 0 Å². The Morgan fingerprint density at radius 2 is 1.75 bits per heavy atom. The van der Waals surface area contributed by atoms with Crippen LogP contribution in [-0.2, 0) is 13.1 Å². The van der Waals surface area contributed by atoms with Crippen molar-refractivity contribution in [3.05, 3.63) is 105 Å². The minimum atomic E-state index is 0.108. The molecule has 1 aromatic carbocycles. The van der Waals surface area contributed by atoms with Crippen LogP contribution in [0.4, 0.5) is 0 Å². The summed E-state index contributed by atoms with van der Waals surface area (Å²) in [4.78, 5) is 24.2. The zero-order chi connectivity index (χ0) is 25.2. The van der Waals surface area contributed by atoms with Crippen LogP contribution in [0.2, 0.25) is 10.0 Å². The molecule has 1 aliphatic rings. The fourth-order valence-corrected chi connectivity index (χ4v) is 5.48. The Morgan fingerprint density at radius 1 is 1.00 bits per heavy atom. The molecule has 1 amide bonds. The number of nitrogens with zero attached hydrogens (tertiary/aromatic N) is 5. The maximum absolute atomic E-state index is 13.5. The van der Waals surface area contributed by atoms with Crippen molar-refractivity contribution in [3.63, 3.8) is 0 Å². The Kier molecular flexibility index (Phi) is 7.17. The van der Waals surface area contributed by atoms with Crippen molar-refractivity contribution in [2.45, 2.75) is 45.7 Å². The van der Waals surface area contributed by atoms with E-state index in [2.05, 4.69) is 26.0 Å². The van der Waals surface area contributed by atoms with Gasteiger partial charge in [-0.15, -0.1) is 0 Å². The van der Waals surface area contributed by atoms with Crippen LogP contribution in [0.25, 0.3) is 0 Å². The molecule has 0 spiro atoms. The lowest BCUT2D eigenvalue weighted by molar-refractivity contribution is 0.0709. The number of piperidine rings is 1. The molecule has 4 aromatic rings. The van der Waals surface area contributed by atoms with E-state index in [0.29, 0.717) is 35.6 Å². The number of imidazole rings is 1. The molecule has 0 aliphatic carbocycles. The summed E-state index contributed by atoms with van der Waals surface area (Å²) in [5.41, 5.74) is 5.02. The number of carbonyl (C=O) groups is 1. The number of hydrogen-bond donors (Lipinski definition) is 0. The summed E-state index contributed by atoms with van der Waals surface area (Å²) in [5.74, 6) is 1.44. The first-order valence-electron chi connectivity index (χ1n) is 12.2. The fraction of sp³-hybridized carbons (Fsp3) is 0.321. The predicted molar refractivity (Wildman–Crippen MR) is 143 cm³/mol. The van der Waals surface area contributed by atoms with Crippen molar-refractivity contribution in [2.75, 3.05) is 13.1 Å². The molecule has 0 atom stereocenters. The molecular formula is C28H29Cl2N5O. The number of benzene rings is 1. The van der Waals surface area contributed by atoms with Crippen molar-refractivity contribution >= 4 is 29.1 Å². The molecule has 8 heteroatoms. The van der Waals surface area contributed by atoms with Crippen LogP contribution in [0, 0.1) is 13.8 Å². The van der Waals surface area contributed by atoms with Crippen LogP contribution in [-0.4, -0.2) is 43.0 Å². The standard InChI is InChI=1S/C28H29Cl2N5O/c1-19-15-25(20(2)35(19)17-21-5-9-31-10-6-21)28(36)33-12-7-22(8-13-33)27-32-11-14-34(27)18-23-16-24(29)3-4-26(23)30/h3-6,9-11,14-16,22H,7-8,12-13,17-18H2,1-2H3. The van der Waals surface area contributed by atoms with E-state index < -0.39 is 0 Å². The minimum Gasteiger partial charge on any atom is -0.344 e. The molecule has 186 valence electrons. The van der Waals surface area contributed by atoms with E-state index in [4.69, 9.17) is 23.2 Å². The zero-order valence-corrected chi connectivity index (χ0v) is 22.0. The molecule has 1 aliphatic heterocycles. The minimum absolute atomic E-state index is 0.108. The number of likely N-dealkylation sites (tertiary alicyclic amines) is 1. The number of aromatic nitrogens is 4. The van der Waals surface area contributed by atoms with Gasteiger partial charge in [0.1, 0.15) is 5.82 Å². The number of hydrogen-bond acceptors (Lipinski definition) is 3. The summed E-state index contributed by atoms with van der Waals surface area (Å²) in [6.45, 7) is 6.87. The molecule has 0 radical (unpaired) electrons. The monoisotopic (exact) mass is 521 g/mol. The van der Waals surface area contributed by atoms with Crippen molar-refractivity contribution < 1.29 is 4.79 Å². The Balaban J connectivity index is 1.26. The highest BCUT2D eigenvalue weighted by molar-refractivity contribution is 6.33. The van der Waals surface area contributed by atoms with E-state index in [1.807, 2.05) is 54.5 Å². The Bertz CT molecular complexity index is 1370. The van der Waals surface area contributed by atoms with E-state index >= 15 is 0 Å². The van der Waals surface area contributed by atoms with Crippen molar-refractivity contribution in [1.29, 1.82) is 0 Å².